The topological polar surface area (TPSA) is 15.3 Å². The molecular formula is C16H25ClN2. The van der Waals surface area contributed by atoms with Crippen molar-refractivity contribution in [3.63, 3.8) is 0 Å². The summed E-state index contributed by atoms with van der Waals surface area (Å²) in [5.74, 6) is 0.692. The molecule has 1 saturated carbocycles. The predicted molar refractivity (Wildman–Crippen MR) is 84.0 cm³/mol. The number of anilines is 1. The van der Waals surface area contributed by atoms with Crippen LogP contribution < -0.4 is 10.2 Å². The molecule has 19 heavy (non-hydrogen) atoms. The van der Waals surface area contributed by atoms with Crippen LogP contribution in [0.25, 0.3) is 0 Å². The highest BCUT2D eigenvalue weighted by Crippen LogP contribution is 2.27. The molecule has 0 aromatic heterocycles. The summed E-state index contributed by atoms with van der Waals surface area (Å²) in [6.45, 7) is 6.49. The van der Waals surface area contributed by atoms with Crippen molar-refractivity contribution in [2.24, 2.45) is 5.92 Å². The summed E-state index contributed by atoms with van der Waals surface area (Å²) in [6, 6.07) is 7.17. The summed E-state index contributed by atoms with van der Waals surface area (Å²) in [6.07, 6.45) is 3.85. The fourth-order valence-corrected chi connectivity index (χ4v) is 2.56. The van der Waals surface area contributed by atoms with Gasteiger partial charge in [0.15, 0.2) is 0 Å². The van der Waals surface area contributed by atoms with Crippen LogP contribution in [0, 0.1) is 5.92 Å². The van der Waals surface area contributed by atoms with E-state index in [9.17, 15) is 0 Å². The lowest BCUT2D eigenvalue weighted by Gasteiger charge is -2.24. The smallest absolute Gasteiger partial charge is 0.0642 e. The molecule has 106 valence electrons. The maximum absolute atomic E-state index is 6.41. The van der Waals surface area contributed by atoms with Crippen LogP contribution in [0.5, 0.6) is 0 Å². The van der Waals surface area contributed by atoms with Crippen molar-refractivity contribution in [2.45, 2.75) is 45.7 Å². The monoisotopic (exact) mass is 280 g/mol. The van der Waals surface area contributed by atoms with Crippen LogP contribution in [0.15, 0.2) is 18.2 Å². The number of hydrogen-bond acceptors (Lipinski definition) is 2. The van der Waals surface area contributed by atoms with Gasteiger partial charge in [-0.05, 0) is 36.5 Å². The molecule has 1 aromatic carbocycles. The maximum Gasteiger partial charge on any atom is 0.0642 e. The van der Waals surface area contributed by atoms with Crippen LogP contribution in [0.2, 0.25) is 5.02 Å². The van der Waals surface area contributed by atoms with E-state index in [1.54, 1.807) is 0 Å². The third kappa shape index (κ3) is 4.39. The molecule has 2 nitrogen and oxygen atoms in total. The first kappa shape index (κ1) is 14.7. The zero-order valence-corrected chi connectivity index (χ0v) is 13.0. The maximum atomic E-state index is 6.41. The van der Waals surface area contributed by atoms with E-state index in [2.05, 4.69) is 49.3 Å². The SMILES string of the molecule is CCC(C)CN(C)c1ccc(CNC2CC2)cc1Cl. The van der Waals surface area contributed by atoms with Gasteiger partial charge in [-0.2, -0.15) is 0 Å². The molecule has 1 unspecified atom stereocenters. The standard InChI is InChI=1S/C16H25ClN2/c1-4-12(2)11-19(3)16-8-5-13(9-15(16)17)10-18-14-6-7-14/h5,8-9,12,14,18H,4,6-7,10-11H2,1-3H3. The summed E-state index contributed by atoms with van der Waals surface area (Å²) >= 11 is 6.41. The zero-order valence-electron chi connectivity index (χ0n) is 12.2. The average Bonchev–Trinajstić information content (AvgIpc) is 3.20. The Morgan fingerprint density at radius 2 is 2.16 bits per heavy atom. The van der Waals surface area contributed by atoms with Gasteiger partial charge in [0.25, 0.3) is 0 Å². The largest absolute Gasteiger partial charge is 0.373 e. The molecule has 0 radical (unpaired) electrons. The molecular weight excluding hydrogens is 256 g/mol. The molecule has 1 fully saturated rings. The highest BCUT2D eigenvalue weighted by Gasteiger charge is 2.20. The molecule has 1 N–H and O–H groups in total. The van der Waals surface area contributed by atoms with Gasteiger partial charge in [0.05, 0.1) is 10.7 Å². The van der Waals surface area contributed by atoms with Gasteiger partial charge in [-0.25, -0.2) is 0 Å². The van der Waals surface area contributed by atoms with Crippen LogP contribution in [0.4, 0.5) is 5.69 Å². The minimum atomic E-state index is 0.692. The normalized spacial score (nSPS) is 16.4. The Balaban J connectivity index is 1.96. The fourth-order valence-electron chi connectivity index (χ4n) is 2.21. The summed E-state index contributed by atoms with van der Waals surface area (Å²) < 4.78 is 0. The van der Waals surface area contributed by atoms with Gasteiger partial charge >= 0.3 is 0 Å². The Kier molecular flexibility index (Phi) is 5.12. The Labute approximate surface area is 122 Å². The number of hydrogen-bond donors (Lipinski definition) is 1. The predicted octanol–water partition coefficient (Wildman–Crippen LogP) is 4.07. The second-order valence-corrected chi connectivity index (χ2v) is 6.24. The highest BCUT2D eigenvalue weighted by atomic mass is 35.5. The van der Waals surface area contributed by atoms with Gasteiger partial charge in [0, 0.05) is 26.2 Å². The van der Waals surface area contributed by atoms with Crippen LogP contribution in [0.1, 0.15) is 38.7 Å². The number of nitrogens with zero attached hydrogens (tertiary/aromatic N) is 1. The molecule has 0 amide bonds. The van der Waals surface area contributed by atoms with Crippen molar-refractivity contribution >= 4 is 17.3 Å². The van der Waals surface area contributed by atoms with Crippen LogP contribution in [-0.2, 0) is 6.54 Å². The van der Waals surface area contributed by atoms with Gasteiger partial charge in [-0.3, -0.25) is 0 Å². The lowest BCUT2D eigenvalue weighted by molar-refractivity contribution is 0.560. The van der Waals surface area contributed by atoms with Gasteiger partial charge in [-0.1, -0.05) is 37.9 Å². The molecule has 0 saturated heterocycles. The molecule has 0 heterocycles. The minimum Gasteiger partial charge on any atom is -0.373 e. The summed E-state index contributed by atoms with van der Waals surface area (Å²) in [7, 11) is 2.12. The van der Waals surface area contributed by atoms with Crippen molar-refractivity contribution in [1.82, 2.24) is 5.32 Å². The summed E-state index contributed by atoms with van der Waals surface area (Å²) in [5, 5.41) is 4.38. The first-order chi connectivity index (χ1) is 9.10. The summed E-state index contributed by atoms with van der Waals surface area (Å²) in [4.78, 5) is 2.26. The van der Waals surface area contributed by atoms with E-state index in [0.717, 1.165) is 29.8 Å². The Morgan fingerprint density at radius 1 is 1.42 bits per heavy atom. The number of rotatable bonds is 7. The highest BCUT2D eigenvalue weighted by molar-refractivity contribution is 6.33. The van der Waals surface area contributed by atoms with Crippen molar-refractivity contribution in [3.8, 4) is 0 Å². The van der Waals surface area contributed by atoms with Crippen molar-refractivity contribution in [2.75, 3.05) is 18.5 Å². The Bertz CT molecular complexity index is 415. The van der Waals surface area contributed by atoms with Crippen molar-refractivity contribution < 1.29 is 0 Å². The molecule has 1 atom stereocenters. The van der Waals surface area contributed by atoms with Crippen LogP contribution >= 0.6 is 11.6 Å². The molecule has 2 rings (SSSR count). The Morgan fingerprint density at radius 3 is 2.74 bits per heavy atom. The third-order valence-corrected chi connectivity index (χ3v) is 4.18. The number of halogens is 1. The molecule has 1 aliphatic rings. The first-order valence-electron chi connectivity index (χ1n) is 7.33. The quantitative estimate of drug-likeness (QED) is 0.810. The van der Waals surface area contributed by atoms with E-state index in [4.69, 9.17) is 11.6 Å². The van der Waals surface area contributed by atoms with Gasteiger partial charge in [0.1, 0.15) is 0 Å². The number of nitrogens with one attached hydrogen (secondary N) is 1. The lowest BCUT2D eigenvalue weighted by atomic mass is 10.1. The minimum absolute atomic E-state index is 0.692. The second kappa shape index (κ2) is 6.62. The van der Waals surface area contributed by atoms with Gasteiger partial charge in [0.2, 0.25) is 0 Å². The third-order valence-electron chi connectivity index (χ3n) is 3.88. The van der Waals surface area contributed by atoms with Crippen molar-refractivity contribution in [3.05, 3.63) is 28.8 Å². The molecule has 0 bridgehead atoms. The molecule has 0 spiro atoms. The number of benzene rings is 1. The first-order valence-corrected chi connectivity index (χ1v) is 7.71. The Hall–Kier alpha value is -0.730. The summed E-state index contributed by atoms with van der Waals surface area (Å²) in [5.41, 5.74) is 2.41. The van der Waals surface area contributed by atoms with E-state index in [1.165, 1.54) is 24.8 Å². The fraction of sp³-hybridized carbons (Fsp3) is 0.625. The van der Waals surface area contributed by atoms with Gasteiger partial charge in [-0.15, -0.1) is 0 Å². The molecule has 3 heteroatoms. The van der Waals surface area contributed by atoms with E-state index < -0.39 is 0 Å². The van der Waals surface area contributed by atoms with E-state index in [-0.39, 0.29) is 0 Å². The zero-order chi connectivity index (χ0) is 13.8. The second-order valence-electron chi connectivity index (χ2n) is 5.83. The van der Waals surface area contributed by atoms with Crippen molar-refractivity contribution in [1.29, 1.82) is 0 Å². The van der Waals surface area contributed by atoms with Crippen LogP contribution in [-0.4, -0.2) is 19.6 Å². The van der Waals surface area contributed by atoms with Crippen LogP contribution in [0.3, 0.4) is 0 Å². The van der Waals surface area contributed by atoms with Gasteiger partial charge < -0.3 is 10.2 Å². The van der Waals surface area contributed by atoms with E-state index in [1.807, 2.05) is 0 Å². The van der Waals surface area contributed by atoms with E-state index >= 15 is 0 Å². The average molecular weight is 281 g/mol. The molecule has 1 aromatic rings. The van der Waals surface area contributed by atoms with E-state index in [0.29, 0.717) is 5.92 Å². The molecule has 0 aliphatic heterocycles. The molecule has 1 aliphatic carbocycles. The lowest BCUT2D eigenvalue weighted by Crippen LogP contribution is -2.24.